The molecule has 1 unspecified atom stereocenters. The number of hydrogen-bond acceptors (Lipinski definition) is 4. The number of nitrogens with one attached hydrogen (secondary N) is 2. The van der Waals surface area contributed by atoms with Crippen LogP contribution in [0.3, 0.4) is 0 Å². The molecule has 0 saturated carbocycles. The van der Waals surface area contributed by atoms with Crippen molar-refractivity contribution in [3.63, 3.8) is 0 Å². The van der Waals surface area contributed by atoms with Gasteiger partial charge in [-0.2, -0.15) is 10.4 Å². The molecule has 2 aliphatic heterocycles. The van der Waals surface area contributed by atoms with Crippen LogP contribution in [0.4, 0.5) is 0 Å². The minimum absolute atomic E-state index is 0.132. The Bertz CT molecular complexity index is 627. The van der Waals surface area contributed by atoms with Crippen LogP contribution in [0, 0.1) is 18.3 Å². The van der Waals surface area contributed by atoms with Crippen molar-refractivity contribution in [3.8, 4) is 6.07 Å². The fraction of sp³-hybridized carbons (Fsp3) is 0.286. The van der Waals surface area contributed by atoms with Gasteiger partial charge in [0.25, 0.3) is 0 Å². The van der Waals surface area contributed by atoms with E-state index < -0.39 is 0 Å². The Labute approximate surface area is 111 Å². The molecule has 5 nitrogen and oxygen atoms in total. The molecule has 1 aromatic heterocycles. The number of aryl methyl sites for hydroxylation is 2. The fourth-order valence-electron chi connectivity index (χ4n) is 2.37. The van der Waals surface area contributed by atoms with Crippen molar-refractivity contribution in [1.29, 1.82) is 5.26 Å². The topological polar surface area (TPSA) is 65.7 Å². The molecule has 19 heavy (non-hydrogen) atoms. The van der Waals surface area contributed by atoms with Gasteiger partial charge in [0.2, 0.25) is 0 Å². The van der Waals surface area contributed by atoms with E-state index in [1.807, 2.05) is 36.3 Å². The number of rotatable bonds is 3. The summed E-state index contributed by atoms with van der Waals surface area (Å²) in [7, 11) is 0. The Morgan fingerprint density at radius 1 is 1.37 bits per heavy atom. The summed E-state index contributed by atoms with van der Waals surface area (Å²) in [5.74, 6) is 0. The number of hydrogen-bond donors (Lipinski definition) is 2. The third-order valence-corrected chi connectivity index (χ3v) is 3.39. The van der Waals surface area contributed by atoms with Crippen LogP contribution in [0.15, 0.2) is 36.3 Å². The van der Waals surface area contributed by atoms with Gasteiger partial charge in [0.15, 0.2) is 0 Å². The molecule has 1 aromatic rings. The molecule has 0 saturated heterocycles. The zero-order valence-electron chi connectivity index (χ0n) is 10.7. The third-order valence-electron chi connectivity index (χ3n) is 3.39. The zero-order chi connectivity index (χ0) is 13.2. The van der Waals surface area contributed by atoms with E-state index in [1.165, 1.54) is 5.57 Å². The second kappa shape index (κ2) is 4.65. The van der Waals surface area contributed by atoms with Gasteiger partial charge in [0.05, 0.1) is 17.5 Å². The zero-order valence-corrected chi connectivity index (χ0v) is 10.7. The normalized spacial score (nSPS) is 19.9. The first-order valence-electron chi connectivity index (χ1n) is 6.31. The lowest BCUT2D eigenvalue weighted by Gasteiger charge is -2.20. The van der Waals surface area contributed by atoms with Crippen LogP contribution in [0.1, 0.15) is 17.7 Å². The summed E-state index contributed by atoms with van der Waals surface area (Å²) in [4.78, 5) is 0. The van der Waals surface area contributed by atoms with E-state index >= 15 is 0 Å². The van der Waals surface area contributed by atoms with Crippen LogP contribution in [-0.2, 0) is 6.42 Å². The van der Waals surface area contributed by atoms with Gasteiger partial charge in [-0.15, -0.1) is 0 Å². The first-order valence-corrected chi connectivity index (χ1v) is 6.31. The van der Waals surface area contributed by atoms with Crippen LogP contribution in [0.2, 0.25) is 0 Å². The molecule has 0 aliphatic carbocycles. The monoisotopic (exact) mass is 253 g/mol. The number of dihydropyridines is 1. The summed E-state index contributed by atoms with van der Waals surface area (Å²) >= 11 is 0. The number of nitriles is 1. The quantitative estimate of drug-likeness (QED) is 0.855. The summed E-state index contributed by atoms with van der Waals surface area (Å²) in [5.41, 5.74) is 4.36. The molecule has 5 heteroatoms. The first-order chi connectivity index (χ1) is 9.29. The van der Waals surface area contributed by atoms with Gasteiger partial charge in [-0.05, 0) is 37.3 Å². The molecule has 1 atom stereocenters. The Morgan fingerprint density at radius 3 is 2.95 bits per heavy atom. The van der Waals surface area contributed by atoms with Crippen LogP contribution in [-0.4, -0.2) is 15.9 Å². The predicted molar refractivity (Wildman–Crippen MR) is 72.5 cm³/mol. The average Bonchev–Trinajstić information content (AvgIpc) is 3.02. The van der Waals surface area contributed by atoms with E-state index in [9.17, 15) is 0 Å². The molecule has 0 radical (unpaired) electrons. The Morgan fingerprint density at radius 2 is 2.16 bits per heavy atom. The lowest BCUT2D eigenvalue weighted by atomic mass is 10.1. The Hall–Kier alpha value is -2.48. The largest absolute Gasteiger partial charge is 0.368 e. The number of aromatic nitrogens is 2. The van der Waals surface area contributed by atoms with E-state index in [0.29, 0.717) is 6.42 Å². The molecule has 2 N–H and O–H groups in total. The van der Waals surface area contributed by atoms with Crippen LogP contribution in [0.25, 0.3) is 5.70 Å². The molecule has 3 rings (SSSR count). The van der Waals surface area contributed by atoms with E-state index in [2.05, 4.69) is 27.9 Å². The lowest BCUT2D eigenvalue weighted by Crippen LogP contribution is -2.36. The summed E-state index contributed by atoms with van der Waals surface area (Å²) in [6.07, 6.45) is 11.4. The molecular weight excluding hydrogens is 238 g/mol. The average molecular weight is 253 g/mol. The van der Waals surface area contributed by atoms with Gasteiger partial charge < -0.3 is 10.6 Å². The lowest BCUT2D eigenvalue weighted by molar-refractivity contribution is 0.630. The van der Waals surface area contributed by atoms with Crippen molar-refractivity contribution >= 4 is 5.70 Å². The van der Waals surface area contributed by atoms with E-state index in [-0.39, 0.29) is 6.17 Å². The molecule has 96 valence electrons. The maximum atomic E-state index is 8.67. The molecule has 0 bridgehead atoms. The molecule has 0 fully saturated rings. The van der Waals surface area contributed by atoms with Crippen molar-refractivity contribution in [2.24, 2.45) is 0 Å². The minimum atomic E-state index is 0.132. The van der Waals surface area contributed by atoms with Gasteiger partial charge in [-0.25, -0.2) is 4.68 Å². The molecular formula is C14H15N5. The molecule has 3 heterocycles. The van der Waals surface area contributed by atoms with E-state index in [0.717, 1.165) is 23.4 Å². The minimum Gasteiger partial charge on any atom is -0.368 e. The maximum absolute atomic E-state index is 8.67. The first kappa shape index (κ1) is 11.6. The van der Waals surface area contributed by atoms with Gasteiger partial charge >= 0.3 is 0 Å². The van der Waals surface area contributed by atoms with E-state index in [1.54, 1.807) is 0 Å². The summed E-state index contributed by atoms with van der Waals surface area (Å²) in [6, 6.07) is 2.18. The molecule has 2 aliphatic rings. The third kappa shape index (κ3) is 2.02. The van der Waals surface area contributed by atoms with Gasteiger partial charge in [-0.3, -0.25) is 0 Å². The number of allylic oxidation sites excluding steroid dienone is 2. The molecule has 0 spiro atoms. The molecule has 0 aromatic carbocycles. The Balaban J connectivity index is 1.96. The van der Waals surface area contributed by atoms with Crippen molar-refractivity contribution in [2.75, 3.05) is 0 Å². The predicted octanol–water partition coefficient (Wildman–Crippen LogP) is 1.42. The number of fused-ring (bicyclic) bond motifs is 1. The summed E-state index contributed by atoms with van der Waals surface area (Å²) in [5, 5.41) is 19.7. The van der Waals surface area contributed by atoms with Crippen molar-refractivity contribution in [3.05, 3.63) is 47.6 Å². The fourth-order valence-corrected chi connectivity index (χ4v) is 2.37. The van der Waals surface area contributed by atoms with Gasteiger partial charge in [-0.1, -0.05) is 0 Å². The molecule has 0 amide bonds. The highest BCUT2D eigenvalue weighted by Gasteiger charge is 2.22. The highest BCUT2D eigenvalue weighted by atomic mass is 15.3. The standard InChI is InChI=1S/C14H15N5/c1-10-11(3-2-6-15)9-19(18-10)13-5-8-17-14-12(13)4-7-16-14/h4-5,7-9,14,16-17H,2-3H2,1H3. The Kier molecular flexibility index (Phi) is 2.84. The van der Waals surface area contributed by atoms with Crippen molar-refractivity contribution in [2.45, 2.75) is 25.9 Å². The second-order valence-electron chi connectivity index (χ2n) is 4.62. The van der Waals surface area contributed by atoms with Gasteiger partial charge in [0, 0.05) is 24.4 Å². The van der Waals surface area contributed by atoms with Crippen LogP contribution in [0.5, 0.6) is 0 Å². The maximum Gasteiger partial charge on any atom is 0.124 e. The highest BCUT2D eigenvalue weighted by Crippen LogP contribution is 2.23. The SMILES string of the molecule is Cc1nn(C2=C3C=CNC3NC=C2)cc1CCC#N. The van der Waals surface area contributed by atoms with Crippen LogP contribution >= 0.6 is 0 Å². The van der Waals surface area contributed by atoms with Crippen molar-refractivity contribution in [1.82, 2.24) is 20.4 Å². The highest BCUT2D eigenvalue weighted by molar-refractivity contribution is 5.67. The second-order valence-corrected chi connectivity index (χ2v) is 4.62. The van der Waals surface area contributed by atoms with Gasteiger partial charge in [0.1, 0.15) is 6.17 Å². The van der Waals surface area contributed by atoms with Crippen LogP contribution < -0.4 is 10.6 Å². The summed E-state index contributed by atoms with van der Waals surface area (Å²) in [6.45, 7) is 1.99. The smallest absolute Gasteiger partial charge is 0.124 e. The summed E-state index contributed by atoms with van der Waals surface area (Å²) < 4.78 is 1.90. The van der Waals surface area contributed by atoms with Crippen molar-refractivity contribution < 1.29 is 0 Å². The number of nitrogens with zero attached hydrogens (tertiary/aromatic N) is 3. The van der Waals surface area contributed by atoms with E-state index in [4.69, 9.17) is 5.26 Å².